The van der Waals surface area contributed by atoms with Crippen molar-refractivity contribution in [1.29, 1.82) is 0 Å². The van der Waals surface area contributed by atoms with Crippen molar-refractivity contribution in [1.82, 2.24) is 20.5 Å². The number of carbonyl (C=O) groups excluding carboxylic acids is 3. The molecule has 0 aliphatic carbocycles. The number of ether oxygens (including phenoxy) is 1. The Hall–Kier alpha value is -2.78. The highest BCUT2D eigenvalue weighted by atomic mass is 32.1. The quantitative estimate of drug-likeness (QED) is 0.554. The third-order valence-electron chi connectivity index (χ3n) is 5.75. The Morgan fingerprint density at radius 1 is 1.35 bits per heavy atom. The molecule has 8 nitrogen and oxygen atoms in total. The molecule has 2 amide bonds. The van der Waals surface area contributed by atoms with Crippen molar-refractivity contribution >= 4 is 29.9 Å². The van der Waals surface area contributed by atoms with Gasteiger partial charge in [0.15, 0.2) is 0 Å². The van der Waals surface area contributed by atoms with E-state index in [1.807, 2.05) is 40.3 Å². The van der Waals surface area contributed by atoms with Crippen LogP contribution in [0.15, 0.2) is 23.7 Å². The van der Waals surface area contributed by atoms with Crippen molar-refractivity contribution in [2.75, 3.05) is 20.7 Å². The number of methoxy groups -OCH3 is 1. The number of hydrogen-bond acceptors (Lipinski definition) is 7. The summed E-state index contributed by atoms with van der Waals surface area (Å²) in [5, 5.41) is 5.69. The van der Waals surface area contributed by atoms with Crippen LogP contribution in [0.1, 0.15) is 44.9 Å². The van der Waals surface area contributed by atoms with Gasteiger partial charge in [-0.25, -0.2) is 4.98 Å². The third-order valence-corrected chi connectivity index (χ3v) is 6.73. The van der Waals surface area contributed by atoms with Crippen molar-refractivity contribution in [3.8, 4) is 16.2 Å². The van der Waals surface area contributed by atoms with Gasteiger partial charge in [0, 0.05) is 18.7 Å². The van der Waals surface area contributed by atoms with Gasteiger partial charge in [-0.05, 0) is 43.9 Å². The smallest absolute Gasteiger partial charge is 0.246 e. The Labute approximate surface area is 206 Å². The topological polar surface area (TPSA) is 101 Å². The second-order valence-electron chi connectivity index (χ2n) is 9.28. The van der Waals surface area contributed by atoms with E-state index in [4.69, 9.17) is 4.74 Å². The maximum Gasteiger partial charge on any atom is 0.246 e. The molecule has 1 aliphatic rings. The molecule has 0 spiro atoms. The Bertz CT molecular complexity index is 970. The van der Waals surface area contributed by atoms with E-state index in [0.717, 1.165) is 30.7 Å². The largest absolute Gasteiger partial charge is 0.496 e. The minimum atomic E-state index is -0.583. The molecule has 1 aliphatic heterocycles. The van der Waals surface area contributed by atoms with Crippen LogP contribution < -0.4 is 15.4 Å². The zero-order valence-electron chi connectivity index (χ0n) is 20.9. The van der Waals surface area contributed by atoms with Gasteiger partial charge in [0.25, 0.3) is 0 Å². The van der Waals surface area contributed by atoms with Gasteiger partial charge < -0.3 is 25.1 Å². The number of nitrogens with zero attached hydrogens (tertiary/aromatic N) is 2. The second-order valence-corrected chi connectivity index (χ2v) is 10.1. The number of aromatic nitrogens is 1. The number of thiazole rings is 1. The summed E-state index contributed by atoms with van der Waals surface area (Å²) in [5.74, 6) is 0.754. The fourth-order valence-corrected chi connectivity index (χ4v) is 4.74. The molecule has 0 saturated carbocycles. The molecule has 34 heavy (non-hydrogen) atoms. The molecule has 1 fully saturated rings. The number of carbonyl (C=O) groups is 3. The van der Waals surface area contributed by atoms with Crippen molar-refractivity contribution < 1.29 is 19.1 Å². The summed E-state index contributed by atoms with van der Waals surface area (Å²) in [6.45, 7) is 9.09. The molecule has 1 aromatic carbocycles. The molecular weight excluding hydrogens is 452 g/mol. The summed E-state index contributed by atoms with van der Waals surface area (Å²) in [5.41, 5.74) is 4.91. The van der Waals surface area contributed by atoms with Crippen LogP contribution in [0.25, 0.3) is 10.4 Å². The van der Waals surface area contributed by atoms with E-state index in [9.17, 15) is 14.4 Å². The molecule has 2 atom stereocenters. The Morgan fingerprint density at radius 2 is 2.09 bits per heavy atom. The third kappa shape index (κ3) is 6.87. The Balaban J connectivity index is 0.000000240. The number of hydrogen-bond donors (Lipinski definition) is 2. The van der Waals surface area contributed by atoms with Gasteiger partial charge in [-0.3, -0.25) is 9.59 Å². The van der Waals surface area contributed by atoms with Crippen LogP contribution in [0.2, 0.25) is 0 Å². The molecule has 1 saturated heterocycles. The summed E-state index contributed by atoms with van der Waals surface area (Å²) in [6, 6.07) is 5.38. The van der Waals surface area contributed by atoms with Gasteiger partial charge >= 0.3 is 0 Å². The van der Waals surface area contributed by atoms with E-state index in [-0.39, 0.29) is 17.4 Å². The number of amides is 2. The van der Waals surface area contributed by atoms with Crippen LogP contribution in [-0.4, -0.2) is 61.3 Å². The average molecular weight is 489 g/mol. The van der Waals surface area contributed by atoms with Crippen LogP contribution in [0, 0.1) is 12.3 Å². The average Bonchev–Trinajstić information content (AvgIpc) is 3.46. The molecule has 186 valence electrons. The Morgan fingerprint density at radius 3 is 2.62 bits per heavy atom. The summed E-state index contributed by atoms with van der Waals surface area (Å²) in [7, 11) is 3.64. The molecule has 2 heterocycles. The van der Waals surface area contributed by atoms with Crippen molar-refractivity contribution in [2.24, 2.45) is 5.41 Å². The summed E-state index contributed by atoms with van der Waals surface area (Å²) >= 11 is 1.66. The van der Waals surface area contributed by atoms with Gasteiger partial charge in [0.05, 0.1) is 29.2 Å². The highest BCUT2D eigenvalue weighted by Crippen LogP contribution is 2.31. The first-order chi connectivity index (χ1) is 16.2. The number of aryl methyl sites for hydroxylation is 1. The summed E-state index contributed by atoms with van der Waals surface area (Å²) in [4.78, 5) is 40.8. The number of nitrogens with one attached hydrogen (secondary N) is 2. The van der Waals surface area contributed by atoms with Crippen LogP contribution in [-0.2, 0) is 20.9 Å². The molecule has 2 unspecified atom stereocenters. The predicted molar refractivity (Wildman–Crippen MR) is 135 cm³/mol. The fourth-order valence-electron chi connectivity index (χ4n) is 3.93. The number of rotatable bonds is 8. The molecular formula is C25H36N4O4S. The van der Waals surface area contributed by atoms with Crippen molar-refractivity contribution in [3.63, 3.8) is 0 Å². The van der Waals surface area contributed by atoms with Gasteiger partial charge in [-0.2, -0.15) is 0 Å². The lowest BCUT2D eigenvalue weighted by Gasteiger charge is -2.33. The standard InChI is InChI=1S/C13H16N2OS.C12H20N2O3/c1-9-13(17-8-15-9)10-4-5-11(7-14-2)12(6-10)16-3;1-12(2,3)10(13-8-16)11(17)14-6-4-5-9(14)7-15/h4-6,8,14H,7H2,1-3H3;7-10H,4-6H2,1-3H3,(H,13,16). The van der Waals surface area contributed by atoms with Gasteiger partial charge in [0.1, 0.15) is 18.1 Å². The lowest BCUT2D eigenvalue weighted by Crippen LogP contribution is -2.54. The van der Waals surface area contributed by atoms with Crippen LogP contribution >= 0.6 is 11.3 Å². The molecule has 1 aromatic heterocycles. The molecule has 3 rings (SSSR count). The highest BCUT2D eigenvalue weighted by Gasteiger charge is 2.38. The molecule has 2 N–H and O–H groups in total. The molecule has 0 radical (unpaired) electrons. The zero-order valence-corrected chi connectivity index (χ0v) is 21.7. The SMILES string of the molecule is CC(C)(C)C(NC=O)C(=O)N1CCCC1C=O.CNCc1ccc(-c2scnc2C)cc1OC. The molecule has 2 aromatic rings. The van der Waals surface area contributed by atoms with E-state index in [0.29, 0.717) is 19.4 Å². The van der Waals surface area contributed by atoms with E-state index in [1.165, 1.54) is 16.0 Å². The van der Waals surface area contributed by atoms with Crippen LogP contribution in [0.3, 0.4) is 0 Å². The normalized spacial score (nSPS) is 16.3. The minimum Gasteiger partial charge on any atom is -0.496 e. The van der Waals surface area contributed by atoms with Crippen LogP contribution in [0.5, 0.6) is 5.75 Å². The Kier molecular flexibility index (Phi) is 10.2. The monoisotopic (exact) mass is 488 g/mol. The lowest BCUT2D eigenvalue weighted by atomic mass is 9.86. The number of likely N-dealkylation sites (tertiary alicyclic amines) is 1. The maximum atomic E-state index is 12.3. The highest BCUT2D eigenvalue weighted by molar-refractivity contribution is 7.13. The predicted octanol–water partition coefficient (Wildman–Crippen LogP) is 3.18. The van der Waals surface area contributed by atoms with Gasteiger partial charge in [0.2, 0.25) is 12.3 Å². The van der Waals surface area contributed by atoms with E-state index >= 15 is 0 Å². The minimum absolute atomic E-state index is 0.167. The summed E-state index contributed by atoms with van der Waals surface area (Å²) in [6.07, 6.45) is 2.91. The lowest BCUT2D eigenvalue weighted by molar-refractivity contribution is -0.140. The molecule has 0 bridgehead atoms. The first kappa shape index (κ1) is 27.5. The first-order valence-corrected chi connectivity index (χ1v) is 12.2. The van der Waals surface area contributed by atoms with Crippen molar-refractivity contribution in [3.05, 3.63) is 35.0 Å². The first-order valence-electron chi connectivity index (χ1n) is 11.3. The summed E-state index contributed by atoms with van der Waals surface area (Å²) < 4.78 is 5.42. The van der Waals surface area contributed by atoms with E-state index < -0.39 is 6.04 Å². The van der Waals surface area contributed by atoms with Gasteiger partial charge in [-0.1, -0.05) is 32.9 Å². The fraction of sp³-hybridized carbons (Fsp3) is 0.520. The van der Waals surface area contributed by atoms with Crippen LogP contribution in [0.4, 0.5) is 0 Å². The number of benzene rings is 1. The van der Waals surface area contributed by atoms with E-state index in [2.05, 4.69) is 33.8 Å². The van der Waals surface area contributed by atoms with E-state index in [1.54, 1.807) is 23.3 Å². The molecule has 9 heteroatoms. The number of aldehydes is 1. The second kappa shape index (κ2) is 12.6. The maximum absolute atomic E-state index is 12.3. The van der Waals surface area contributed by atoms with Gasteiger partial charge in [-0.15, -0.1) is 11.3 Å². The zero-order chi connectivity index (χ0) is 25.3. The van der Waals surface area contributed by atoms with Crippen molar-refractivity contribution in [2.45, 2.75) is 59.2 Å².